The second-order valence-corrected chi connectivity index (χ2v) is 8.25. The lowest BCUT2D eigenvalue weighted by molar-refractivity contribution is -0.145. The molecule has 2 rings (SSSR count). The summed E-state index contributed by atoms with van der Waals surface area (Å²) in [6.45, 7) is 1.33. The summed E-state index contributed by atoms with van der Waals surface area (Å²) in [6, 6.07) is 16.3. The van der Waals surface area contributed by atoms with Crippen molar-refractivity contribution < 1.29 is 23.3 Å². The van der Waals surface area contributed by atoms with Gasteiger partial charge in [0, 0.05) is 24.0 Å². The molecule has 0 spiro atoms. The van der Waals surface area contributed by atoms with Gasteiger partial charge in [-0.1, -0.05) is 48.5 Å². The van der Waals surface area contributed by atoms with E-state index in [1.54, 1.807) is 24.3 Å². The van der Waals surface area contributed by atoms with Crippen LogP contribution < -0.4 is 10.6 Å². The molecule has 0 aliphatic rings. The Morgan fingerprint density at radius 1 is 0.933 bits per heavy atom. The number of esters is 1. The van der Waals surface area contributed by atoms with Crippen molar-refractivity contribution in [1.29, 1.82) is 0 Å². The van der Waals surface area contributed by atoms with Gasteiger partial charge in [-0.25, -0.2) is 4.79 Å². The maximum atomic E-state index is 12.8. The molecule has 2 N–H and O–H groups in total. The molecule has 2 aromatic rings. The molecule has 0 aromatic heterocycles. The van der Waals surface area contributed by atoms with Crippen LogP contribution in [0.1, 0.15) is 18.9 Å². The Balaban J connectivity index is 2.06. The van der Waals surface area contributed by atoms with Crippen molar-refractivity contribution >= 4 is 28.6 Å². The van der Waals surface area contributed by atoms with E-state index < -0.39 is 34.8 Å². The summed E-state index contributed by atoms with van der Waals surface area (Å²) in [7, 11) is -0.0904. The zero-order valence-electron chi connectivity index (χ0n) is 17.0. The third-order valence-corrected chi connectivity index (χ3v) is 5.78. The van der Waals surface area contributed by atoms with Crippen molar-refractivity contribution in [1.82, 2.24) is 10.6 Å². The van der Waals surface area contributed by atoms with Gasteiger partial charge < -0.3 is 15.4 Å². The Bertz CT molecular complexity index is 874. The van der Waals surface area contributed by atoms with Crippen molar-refractivity contribution in [3.8, 4) is 0 Å². The lowest BCUT2D eigenvalue weighted by Gasteiger charge is -2.22. The van der Waals surface area contributed by atoms with Gasteiger partial charge in [-0.05, 0) is 24.1 Å². The molecular weight excluding hydrogens is 404 g/mol. The van der Waals surface area contributed by atoms with E-state index in [0.29, 0.717) is 4.90 Å². The number of methoxy groups -OCH3 is 1. The molecule has 0 bridgehead atoms. The topological polar surface area (TPSA) is 102 Å². The molecule has 0 unspecified atom stereocenters. The maximum absolute atomic E-state index is 12.8. The summed E-state index contributed by atoms with van der Waals surface area (Å²) >= 11 is 0. The van der Waals surface area contributed by atoms with Crippen molar-refractivity contribution in [2.45, 2.75) is 36.7 Å². The van der Waals surface area contributed by atoms with Gasteiger partial charge in [0.2, 0.25) is 11.8 Å². The number of nitrogens with one attached hydrogen (secondary N) is 2. The Morgan fingerprint density at radius 2 is 1.53 bits per heavy atom. The first-order chi connectivity index (χ1) is 14.4. The summed E-state index contributed by atoms with van der Waals surface area (Å²) in [5, 5.41) is 5.26. The van der Waals surface area contributed by atoms with Crippen LogP contribution in [0.3, 0.4) is 0 Å². The quantitative estimate of drug-likeness (QED) is 0.558. The van der Waals surface area contributed by atoms with E-state index >= 15 is 0 Å². The molecule has 30 heavy (non-hydrogen) atoms. The van der Waals surface area contributed by atoms with Crippen LogP contribution in [0, 0.1) is 0 Å². The second kappa shape index (κ2) is 11.9. The SMILES string of the molecule is COC(=O)[C@@H](CC[S@@](=O)c1ccccc1)NC(=O)[C@H](Cc1ccccc1)NC(C)=O. The monoisotopic (exact) mass is 430 g/mol. The molecule has 0 saturated carbocycles. The Morgan fingerprint density at radius 3 is 2.10 bits per heavy atom. The summed E-state index contributed by atoms with van der Waals surface area (Å²) in [5.41, 5.74) is 0.867. The van der Waals surface area contributed by atoms with Gasteiger partial charge in [-0.3, -0.25) is 13.8 Å². The van der Waals surface area contributed by atoms with Gasteiger partial charge in [0.1, 0.15) is 12.1 Å². The Hall–Kier alpha value is -3.00. The predicted molar refractivity (Wildman–Crippen MR) is 114 cm³/mol. The predicted octanol–water partition coefficient (Wildman–Crippen LogP) is 1.59. The lowest BCUT2D eigenvalue weighted by Crippen LogP contribution is -2.52. The van der Waals surface area contributed by atoms with Crippen LogP contribution in [0.2, 0.25) is 0 Å². The first-order valence-electron chi connectivity index (χ1n) is 9.53. The third kappa shape index (κ3) is 7.44. The molecule has 7 nitrogen and oxygen atoms in total. The molecule has 3 atom stereocenters. The smallest absolute Gasteiger partial charge is 0.328 e. The van der Waals surface area contributed by atoms with Crippen molar-refractivity contribution in [3.05, 3.63) is 66.2 Å². The van der Waals surface area contributed by atoms with E-state index in [1.165, 1.54) is 14.0 Å². The normalized spacial score (nSPS) is 13.5. The van der Waals surface area contributed by atoms with Crippen molar-refractivity contribution in [2.24, 2.45) is 0 Å². The Labute approximate surface area is 178 Å². The van der Waals surface area contributed by atoms with E-state index in [4.69, 9.17) is 4.74 Å². The highest BCUT2D eigenvalue weighted by Crippen LogP contribution is 2.09. The number of carbonyl (C=O) groups is 3. The fourth-order valence-electron chi connectivity index (χ4n) is 2.88. The lowest BCUT2D eigenvalue weighted by atomic mass is 10.0. The van der Waals surface area contributed by atoms with Gasteiger partial charge in [0.05, 0.1) is 17.9 Å². The van der Waals surface area contributed by atoms with Crippen LogP contribution in [0.4, 0.5) is 0 Å². The summed E-state index contributed by atoms with van der Waals surface area (Å²) in [4.78, 5) is 37.2. The standard InChI is InChI=1S/C22H26N2O5S/c1-16(25)23-20(15-17-9-5-3-6-10-17)21(26)24-19(22(27)29-2)13-14-30(28)18-11-7-4-8-12-18/h3-12,19-20H,13-15H2,1-2H3,(H,23,25)(H,24,26)/t19-,20+,30-/m1/s1. The molecule has 0 radical (unpaired) electrons. The number of benzene rings is 2. The van der Waals surface area contributed by atoms with Gasteiger partial charge in [-0.15, -0.1) is 0 Å². The van der Waals surface area contributed by atoms with E-state index in [-0.39, 0.29) is 24.5 Å². The van der Waals surface area contributed by atoms with Crippen LogP contribution in [-0.4, -0.2) is 46.9 Å². The van der Waals surface area contributed by atoms with E-state index in [0.717, 1.165) is 5.56 Å². The third-order valence-electron chi connectivity index (χ3n) is 4.38. The minimum atomic E-state index is -1.32. The molecule has 0 aliphatic carbocycles. The van der Waals surface area contributed by atoms with Crippen LogP contribution in [-0.2, 0) is 36.3 Å². The number of rotatable bonds is 10. The van der Waals surface area contributed by atoms with Gasteiger partial charge in [-0.2, -0.15) is 0 Å². The van der Waals surface area contributed by atoms with Crippen molar-refractivity contribution in [3.63, 3.8) is 0 Å². The largest absolute Gasteiger partial charge is 0.467 e. The summed E-state index contributed by atoms with van der Waals surface area (Å²) in [6.07, 6.45) is 0.411. The average Bonchev–Trinajstić information content (AvgIpc) is 2.76. The molecular formula is C22H26N2O5S. The molecule has 160 valence electrons. The van der Waals surface area contributed by atoms with E-state index in [1.807, 2.05) is 36.4 Å². The van der Waals surface area contributed by atoms with E-state index in [2.05, 4.69) is 10.6 Å². The highest BCUT2D eigenvalue weighted by molar-refractivity contribution is 7.85. The zero-order chi connectivity index (χ0) is 21.9. The molecule has 0 aliphatic heterocycles. The minimum Gasteiger partial charge on any atom is -0.467 e. The molecule has 0 fully saturated rings. The maximum Gasteiger partial charge on any atom is 0.328 e. The van der Waals surface area contributed by atoms with E-state index in [9.17, 15) is 18.6 Å². The van der Waals surface area contributed by atoms with Crippen LogP contribution >= 0.6 is 0 Å². The number of amides is 2. The number of carbonyl (C=O) groups excluding carboxylic acids is 3. The molecule has 2 amide bonds. The minimum absolute atomic E-state index is 0.137. The van der Waals surface area contributed by atoms with Crippen LogP contribution in [0.5, 0.6) is 0 Å². The van der Waals surface area contributed by atoms with Gasteiger partial charge >= 0.3 is 5.97 Å². The molecule has 2 aromatic carbocycles. The fourth-order valence-corrected chi connectivity index (χ4v) is 4.03. The van der Waals surface area contributed by atoms with Crippen molar-refractivity contribution in [2.75, 3.05) is 12.9 Å². The number of hydrogen-bond acceptors (Lipinski definition) is 5. The Kier molecular flexibility index (Phi) is 9.21. The fraction of sp³-hybridized carbons (Fsp3) is 0.318. The van der Waals surface area contributed by atoms with Crippen LogP contribution in [0.15, 0.2) is 65.6 Å². The molecule has 0 heterocycles. The highest BCUT2D eigenvalue weighted by Gasteiger charge is 2.27. The highest BCUT2D eigenvalue weighted by atomic mass is 32.2. The summed E-state index contributed by atoms with van der Waals surface area (Å²) in [5.74, 6) is -1.32. The molecule has 0 saturated heterocycles. The zero-order valence-corrected chi connectivity index (χ0v) is 17.8. The molecule has 8 heteroatoms. The summed E-state index contributed by atoms with van der Waals surface area (Å²) < 4.78 is 17.2. The van der Waals surface area contributed by atoms with Crippen LogP contribution in [0.25, 0.3) is 0 Å². The average molecular weight is 431 g/mol. The second-order valence-electron chi connectivity index (χ2n) is 6.68. The van der Waals surface area contributed by atoms with Gasteiger partial charge in [0.25, 0.3) is 0 Å². The number of hydrogen-bond donors (Lipinski definition) is 2. The van der Waals surface area contributed by atoms with Gasteiger partial charge in [0.15, 0.2) is 0 Å². The first kappa shape index (κ1) is 23.3. The number of ether oxygens (including phenoxy) is 1. The first-order valence-corrected chi connectivity index (χ1v) is 10.8.